The van der Waals surface area contributed by atoms with E-state index >= 15 is 0 Å². The zero-order valence-electron chi connectivity index (χ0n) is 14.9. The normalized spacial score (nSPS) is 17.1. The number of aromatic nitrogens is 3. The molecule has 2 aromatic heterocycles. The van der Waals surface area contributed by atoms with Crippen molar-refractivity contribution in [2.45, 2.75) is 25.2 Å². The fourth-order valence-corrected chi connectivity index (χ4v) is 3.61. The van der Waals surface area contributed by atoms with Crippen molar-refractivity contribution < 1.29 is 9.18 Å². The van der Waals surface area contributed by atoms with Crippen molar-refractivity contribution in [3.8, 4) is 0 Å². The molecule has 0 aliphatic carbocycles. The number of hydrogen-bond donors (Lipinski definition) is 1. The zero-order chi connectivity index (χ0) is 18.6. The van der Waals surface area contributed by atoms with Crippen LogP contribution >= 0.6 is 0 Å². The minimum atomic E-state index is -0.210. The number of aromatic amines is 1. The predicted octanol–water partition coefficient (Wildman–Crippen LogP) is 3.55. The molecule has 138 valence electrons. The number of pyridine rings is 1. The van der Waals surface area contributed by atoms with E-state index in [0.29, 0.717) is 24.2 Å². The van der Waals surface area contributed by atoms with E-state index in [4.69, 9.17) is 4.98 Å². The van der Waals surface area contributed by atoms with Crippen molar-refractivity contribution in [1.29, 1.82) is 0 Å². The van der Waals surface area contributed by atoms with Gasteiger partial charge in [0.05, 0.1) is 0 Å². The average molecular weight is 364 g/mol. The summed E-state index contributed by atoms with van der Waals surface area (Å²) in [6.45, 7) is 1.37. The maximum absolute atomic E-state index is 13.9. The number of piperidine rings is 1. The fourth-order valence-electron chi connectivity index (χ4n) is 3.61. The van der Waals surface area contributed by atoms with Crippen molar-refractivity contribution in [2.24, 2.45) is 0 Å². The molecular formula is C21H21FN4O. The number of amides is 1. The largest absolute Gasteiger partial charge is 0.337 e. The first-order valence-corrected chi connectivity index (χ1v) is 9.18. The average Bonchev–Trinajstić information content (AvgIpc) is 3.24. The Labute approximate surface area is 157 Å². The van der Waals surface area contributed by atoms with E-state index in [0.717, 1.165) is 30.8 Å². The van der Waals surface area contributed by atoms with E-state index in [1.807, 2.05) is 29.2 Å². The number of benzene rings is 1. The molecule has 1 atom stereocenters. The Morgan fingerprint density at radius 3 is 2.89 bits per heavy atom. The lowest BCUT2D eigenvalue weighted by molar-refractivity contribution is 0.0700. The molecule has 1 aliphatic heterocycles. The molecule has 0 spiro atoms. The van der Waals surface area contributed by atoms with Crippen LogP contribution in [0, 0.1) is 5.82 Å². The summed E-state index contributed by atoms with van der Waals surface area (Å²) in [6.07, 6.45) is 3.97. The van der Waals surface area contributed by atoms with Gasteiger partial charge in [0.1, 0.15) is 11.5 Å². The van der Waals surface area contributed by atoms with Gasteiger partial charge in [-0.15, -0.1) is 0 Å². The van der Waals surface area contributed by atoms with Gasteiger partial charge in [-0.25, -0.2) is 4.39 Å². The molecule has 0 bridgehead atoms. The number of hydrogen-bond acceptors (Lipinski definition) is 3. The van der Waals surface area contributed by atoms with Gasteiger partial charge in [0.25, 0.3) is 5.91 Å². The maximum atomic E-state index is 13.9. The maximum Gasteiger partial charge on any atom is 0.271 e. The van der Waals surface area contributed by atoms with E-state index in [-0.39, 0.29) is 17.6 Å². The lowest BCUT2D eigenvalue weighted by atomic mass is 9.93. The third-order valence-corrected chi connectivity index (χ3v) is 5.02. The molecule has 0 radical (unpaired) electrons. The van der Waals surface area contributed by atoms with Crippen molar-refractivity contribution in [1.82, 2.24) is 20.1 Å². The molecule has 0 saturated carbocycles. The van der Waals surface area contributed by atoms with Gasteiger partial charge in [-0.2, -0.15) is 5.10 Å². The Morgan fingerprint density at radius 2 is 2.07 bits per heavy atom. The molecular weight excluding hydrogens is 343 g/mol. The first-order chi connectivity index (χ1) is 13.2. The standard InChI is InChI=1S/C21H21FN4O/c22-18-8-2-1-5-15(18)13-17-7-3-9-19(24-17)16-6-4-12-26(14-16)21(27)20-10-11-23-25-20/h1-3,5,7-11,16H,4,6,12-14H2,(H,23,25)/t16-/m0/s1. The van der Waals surface area contributed by atoms with Crippen LogP contribution in [0.1, 0.15) is 46.2 Å². The van der Waals surface area contributed by atoms with Crippen molar-refractivity contribution in [3.05, 3.63) is 83.2 Å². The molecule has 3 aromatic rings. The van der Waals surface area contributed by atoms with E-state index < -0.39 is 0 Å². The topological polar surface area (TPSA) is 61.9 Å². The molecule has 1 N–H and O–H groups in total. The van der Waals surface area contributed by atoms with E-state index in [1.54, 1.807) is 24.4 Å². The van der Waals surface area contributed by atoms with Crippen LogP contribution in [0.5, 0.6) is 0 Å². The molecule has 5 nitrogen and oxygen atoms in total. The minimum Gasteiger partial charge on any atom is -0.337 e. The van der Waals surface area contributed by atoms with Crippen LogP contribution in [-0.4, -0.2) is 39.1 Å². The molecule has 1 saturated heterocycles. The number of halogens is 1. The van der Waals surface area contributed by atoms with Crippen LogP contribution in [0.3, 0.4) is 0 Å². The fraction of sp³-hybridized carbons (Fsp3) is 0.286. The van der Waals surface area contributed by atoms with Crippen molar-refractivity contribution in [3.63, 3.8) is 0 Å². The number of nitrogens with zero attached hydrogens (tertiary/aromatic N) is 3. The second-order valence-corrected chi connectivity index (χ2v) is 6.88. The third kappa shape index (κ3) is 3.89. The highest BCUT2D eigenvalue weighted by atomic mass is 19.1. The summed E-state index contributed by atoms with van der Waals surface area (Å²) in [6, 6.07) is 14.4. The number of rotatable bonds is 4. The molecule has 1 aromatic carbocycles. The van der Waals surface area contributed by atoms with Gasteiger partial charge in [-0.05, 0) is 42.7 Å². The van der Waals surface area contributed by atoms with E-state index in [2.05, 4.69) is 10.2 Å². The third-order valence-electron chi connectivity index (χ3n) is 5.02. The summed E-state index contributed by atoms with van der Waals surface area (Å²) in [5.41, 5.74) is 2.96. The van der Waals surface area contributed by atoms with Crippen LogP contribution in [0.2, 0.25) is 0 Å². The van der Waals surface area contributed by atoms with Gasteiger partial charge in [-0.3, -0.25) is 14.9 Å². The summed E-state index contributed by atoms with van der Waals surface area (Å²) in [5.74, 6) is -0.0513. The lowest BCUT2D eigenvalue weighted by Gasteiger charge is -2.32. The molecule has 0 unspecified atom stereocenters. The molecule has 27 heavy (non-hydrogen) atoms. The Kier molecular flexibility index (Phi) is 4.96. The first-order valence-electron chi connectivity index (χ1n) is 9.18. The number of carbonyl (C=O) groups is 1. The number of carbonyl (C=O) groups excluding carboxylic acids is 1. The van der Waals surface area contributed by atoms with Crippen LogP contribution in [-0.2, 0) is 6.42 Å². The second kappa shape index (κ2) is 7.70. The van der Waals surface area contributed by atoms with Gasteiger partial charge in [-0.1, -0.05) is 24.3 Å². The Bertz CT molecular complexity index is 925. The Hall–Kier alpha value is -3.02. The molecule has 3 heterocycles. The highest BCUT2D eigenvalue weighted by molar-refractivity contribution is 5.92. The summed E-state index contributed by atoms with van der Waals surface area (Å²) in [5, 5.41) is 6.60. The summed E-state index contributed by atoms with van der Waals surface area (Å²) in [7, 11) is 0. The number of nitrogens with one attached hydrogen (secondary N) is 1. The highest BCUT2D eigenvalue weighted by Gasteiger charge is 2.27. The monoisotopic (exact) mass is 364 g/mol. The van der Waals surface area contributed by atoms with E-state index in [1.165, 1.54) is 6.07 Å². The molecule has 1 fully saturated rings. The van der Waals surface area contributed by atoms with Gasteiger partial charge < -0.3 is 4.90 Å². The minimum absolute atomic E-state index is 0.0280. The molecule has 1 aliphatic rings. The summed E-state index contributed by atoms with van der Waals surface area (Å²) >= 11 is 0. The van der Waals surface area contributed by atoms with Gasteiger partial charge in [0.15, 0.2) is 0 Å². The van der Waals surface area contributed by atoms with Crippen molar-refractivity contribution in [2.75, 3.05) is 13.1 Å². The van der Waals surface area contributed by atoms with Crippen LogP contribution in [0.25, 0.3) is 0 Å². The summed E-state index contributed by atoms with van der Waals surface area (Å²) in [4.78, 5) is 19.2. The first kappa shape index (κ1) is 17.4. The number of likely N-dealkylation sites (tertiary alicyclic amines) is 1. The van der Waals surface area contributed by atoms with Gasteiger partial charge >= 0.3 is 0 Å². The van der Waals surface area contributed by atoms with E-state index in [9.17, 15) is 9.18 Å². The van der Waals surface area contributed by atoms with Gasteiger partial charge in [0, 0.05) is 43.0 Å². The van der Waals surface area contributed by atoms with Crippen molar-refractivity contribution >= 4 is 5.91 Å². The molecule has 1 amide bonds. The van der Waals surface area contributed by atoms with Crippen LogP contribution in [0.4, 0.5) is 4.39 Å². The lowest BCUT2D eigenvalue weighted by Crippen LogP contribution is -2.39. The quantitative estimate of drug-likeness (QED) is 0.770. The molecule has 6 heteroatoms. The highest BCUT2D eigenvalue weighted by Crippen LogP contribution is 2.27. The SMILES string of the molecule is O=C(c1ccn[nH]1)N1CCC[C@H](c2cccc(Cc3ccccc3F)n2)C1. The van der Waals surface area contributed by atoms with Gasteiger partial charge in [0.2, 0.25) is 0 Å². The Morgan fingerprint density at radius 1 is 1.19 bits per heavy atom. The van der Waals surface area contributed by atoms with Crippen LogP contribution < -0.4 is 0 Å². The molecule has 4 rings (SSSR count). The summed E-state index contributed by atoms with van der Waals surface area (Å²) < 4.78 is 13.9. The second-order valence-electron chi connectivity index (χ2n) is 6.88. The zero-order valence-corrected chi connectivity index (χ0v) is 14.9. The van der Waals surface area contributed by atoms with Crippen LogP contribution in [0.15, 0.2) is 54.7 Å². The number of H-pyrrole nitrogens is 1. The predicted molar refractivity (Wildman–Crippen MR) is 99.9 cm³/mol. The smallest absolute Gasteiger partial charge is 0.271 e. The Balaban J connectivity index is 1.50.